The summed E-state index contributed by atoms with van der Waals surface area (Å²) in [7, 11) is 0. The van der Waals surface area contributed by atoms with Crippen molar-refractivity contribution < 1.29 is 9.90 Å². The number of benzene rings is 1. The van der Waals surface area contributed by atoms with Crippen LogP contribution in [0.1, 0.15) is 21.6 Å². The normalized spacial score (nSPS) is 10.1. The Hall–Kier alpha value is -2.31. The standard InChI is InChI=1S/C15H15N3O2S/c16-14(21)11-3-6-13(17-9-11)15(20)18-12-4-1-10(2-5-12)7-8-19/h1-6,9,19H,7-8H2,(H2,16,21)(H,18,20). The van der Waals surface area contributed by atoms with E-state index < -0.39 is 0 Å². The van der Waals surface area contributed by atoms with Crippen LogP contribution in [0.2, 0.25) is 0 Å². The van der Waals surface area contributed by atoms with E-state index in [0.29, 0.717) is 17.7 Å². The minimum Gasteiger partial charge on any atom is -0.396 e. The first-order valence-corrected chi connectivity index (χ1v) is 6.78. The van der Waals surface area contributed by atoms with E-state index in [1.165, 1.54) is 6.20 Å². The van der Waals surface area contributed by atoms with Crippen molar-refractivity contribution in [1.82, 2.24) is 4.98 Å². The number of carbonyl (C=O) groups excluding carboxylic acids is 1. The quantitative estimate of drug-likeness (QED) is 0.728. The van der Waals surface area contributed by atoms with Crippen LogP contribution in [-0.2, 0) is 6.42 Å². The van der Waals surface area contributed by atoms with Gasteiger partial charge in [0, 0.05) is 24.1 Å². The average Bonchev–Trinajstić information content (AvgIpc) is 2.49. The molecule has 1 aromatic carbocycles. The first-order chi connectivity index (χ1) is 10.1. The fourth-order valence-electron chi connectivity index (χ4n) is 1.75. The van der Waals surface area contributed by atoms with Crippen LogP contribution in [0.15, 0.2) is 42.6 Å². The van der Waals surface area contributed by atoms with Gasteiger partial charge in [0.05, 0.1) is 0 Å². The number of amides is 1. The molecule has 5 nitrogen and oxygen atoms in total. The fourth-order valence-corrected chi connectivity index (χ4v) is 1.87. The third-order valence-corrected chi connectivity index (χ3v) is 3.13. The van der Waals surface area contributed by atoms with Gasteiger partial charge in [-0.2, -0.15) is 0 Å². The molecule has 0 unspecified atom stereocenters. The molecule has 2 aromatic rings. The number of thiocarbonyl (C=S) groups is 1. The number of nitrogens with two attached hydrogens (primary N) is 1. The number of carbonyl (C=O) groups is 1. The summed E-state index contributed by atoms with van der Waals surface area (Å²) in [5.41, 5.74) is 8.06. The minimum atomic E-state index is -0.306. The summed E-state index contributed by atoms with van der Waals surface area (Å²) in [5, 5.41) is 11.6. The highest BCUT2D eigenvalue weighted by Crippen LogP contribution is 2.11. The van der Waals surface area contributed by atoms with E-state index in [1.54, 1.807) is 24.3 Å². The molecule has 108 valence electrons. The maximum Gasteiger partial charge on any atom is 0.274 e. The van der Waals surface area contributed by atoms with E-state index in [-0.39, 0.29) is 23.2 Å². The lowest BCUT2D eigenvalue weighted by atomic mass is 10.1. The van der Waals surface area contributed by atoms with Crippen LogP contribution in [0, 0.1) is 0 Å². The lowest BCUT2D eigenvalue weighted by Crippen LogP contribution is -2.15. The van der Waals surface area contributed by atoms with E-state index in [0.717, 1.165) is 5.56 Å². The molecule has 0 fully saturated rings. The molecule has 21 heavy (non-hydrogen) atoms. The van der Waals surface area contributed by atoms with Crippen molar-refractivity contribution in [2.75, 3.05) is 11.9 Å². The highest BCUT2D eigenvalue weighted by atomic mass is 32.1. The maximum atomic E-state index is 12.0. The SMILES string of the molecule is NC(=S)c1ccc(C(=O)Nc2ccc(CCO)cc2)nc1. The Balaban J connectivity index is 2.05. The van der Waals surface area contributed by atoms with Gasteiger partial charge >= 0.3 is 0 Å². The predicted octanol–water partition coefficient (Wildman–Crippen LogP) is 1.50. The Morgan fingerprint density at radius 2 is 1.95 bits per heavy atom. The number of aliphatic hydroxyl groups is 1. The molecule has 0 aliphatic rings. The summed E-state index contributed by atoms with van der Waals surface area (Å²) in [5.74, 6) is -0.306. The van der Waals surface area contributed by atoms with Gasteiger partial charge < -0.3 is 16.2 Å². The molecule has 1 aromatic heterocycles. The average molecular weight is 301 g/mol. The molecule has 0 saturated carbocycles. The molecule has 0 spiro atoms. The third-order valence-electron chi connectivity index (χ3n) is 2.89. The Morgan fingerprint density at radius 1 is 1.24 bits per heavy atom. The zero-order valence-electron chi connectivity index (χ0n) is 11.2. The van der Waals surface area contributed by atoms with Crippen molar-refractivity contribution in [3.05, 3.63) is 59.4 Å². The molecule has 0 atom stereocenters. The summed E-state index contributed by atoms with van der Waals surface area (Å²) in [6.07, 6.45) is 2.07. The molecule has 0 aliphatic heterocycles. The molecule has 0 radical (unpaired) electrons. The molecule has 1 amide bonds. The largest absolute Gasteiger partial charge is 0.396 e. The van der Waals surface area contributed by atoms with E-state index in [1.807, 2.05) is 12.1 Å². The van der Waals surface area contributed by atoms with Crippen LogP contribution in [-0.4, -0.2) is 27.6 Å². The van der Waals surface area contributed by atoms with E-state index >= 15 is 0 Å². The van der Waals surface area contributed by atoms with Crippen LogP contribution in [0.25, 0.3) is 0 Å². The summed E-state index contributed by atoms with van der Waals surface area (Å²) in [6, 6.07) is 10.5. The third kappa shape index (κ3) is 4.08. The number of aromatic nitrogens is 1. The first-order valence-electron chi connectivity index (χ1n) is 6.37. The Bertz CT molecular complexity index is 639. The second-order valence-electron chi connectivity index (χ2n) is 4.42. The monoisotopic (exact) mass is 301 g/mol. The predicted molar refractivity (Wildman–Crippen MR) is 85.3 cm³/mol. The van der Waals surface area contributed by atoms with Crippen LogP contribution < -0.4 is 11.1 Å². The molecule has 0 saturated heterocycles. The summed E-state index contributed by atoms with van der Waals surface area (Å²) >= 11 is 4.83. The molecular weight excluding hydrogens is 286 g/mol. The second-order valence-corrected chi connectivity index (χ2v) is 4.86. The van der Waals surface area contributed by atoms with Crippen molar-refractivity contribution in [3.63, 3.8) is 0 Å². The van der Waals surface area contributed by atoms with Crippen molar-refractivity contribution in [2.24, 2.45) is 5.73 Å². The lowest BCUT2D eigenvalue weighted by molar-refractivity contribution is 0.102. The maximum absolute atomic E-state index is 12.0. The Kier molecular flexibility index (Phi) is 4.97. The molecule has 0 aliphatic carbocycles. The number of aliphatic hydroxyl groups excluding tert-OH is 1. The van der Waals surface area contributed by atoms with Crippen LogP contribution >= 0.6 is 12.2 Å². The summed E-state index contributed by atoms with van der Waals surface area (Å²) < 4.78 is 0. The zero-order chi connectivity index (χ0) is 15.2. The van der Waals surface area contributed by atoms with Gasteiger partial charge in [-0.15, -0.1) is 0 Å². The molecular formula is C15H15N3O2S. The van der Waals surface area contributed by atoms with Gasteiger partial charge in [-0.3, -0.25) is 9.78 Å². The summed E-state index contributed by atoms with van der Waals surface area (Å²) in [6.45, 7) is 0.102. The first kappa shape index (κ1) is 15.1. The number of rotatable bonds is 5. The van der Waals surface area contributed by atoms with Crippen molar-refractivity contribution in [1.29, 1.82) is 0 Å². The second kappa shape index (κ2) is 6.92. The van der Waals surface area contributed by atoms with E-state index in [9.17, 15) is 4.79 Å². The smallest absolute Gasteiger partial charge is 0.274 e. The highest BCUT2D eigenvalue weighted by Gasteiger charge is 2.08. The lowest BCUT2D eigenvalue weighted by Gasteiger charge is -2.06. The summed E-state index contributed by atoms with van der Waals surface area (Å²) in [4.78, 5) is 16.3. The number of pyridine rings is 1. The molecule has 6 heteroatoms. The van der Waals surface area contributed by atoms with E-state index in [4.69, 9.17) is 23.1 Å². The Morgan fingerprint density at radius 3 is 2.48 bits per heavy atom. The van der Waals surface area contributed by atoms with Crippen molar-refractivity contribution >= 4 is 28.8 Å². The van der Waals surface area contributed by atoms with Gasteiger partial charge in [0.15, 0.2) is 0 Å². The van der Waals surface area contributed by atoms with Crippen LogP contribution in [0.4, 0.5) is 5.69 Å². The van der Waals surface area contributed by atoms with Crippen molar-refractivity contribution in [2.45, 2.75) is 6.42 Å². The van der Waals surface area contributed by atoms with Gasteiger partial charge in [-0.25, -0.2) is 0 Å². The molecule has 4 N–H and O–H groups in total. The van der Waals surface area contributed by atoms with Gasteiger partial charge in [-0.05, 0) is 36.2 Å². The number of nitrogens with one attached hydrogen (secondary N) is 1. The minimum absolute atomic E-state index is 0.102. The van der Waals surface area contributed by atoms with E-state index in [2.05, 4.69) is 10.3 Å². The van der Waals surface area contributed by atoms with Gasteiger partial charge in [0.2, 0.25) is 0 Å². The topological polar surface area (TPSA) is 88.2 Å². The molecule has 2 rings (SSSR count). The van der Waals surface area contributed by atoms with Crippen molar-refractivity contribution in [3.8, 4) is 0 Å². The Labute approximate surface area is 127 Å². The molecule has 0 bridgehead atoms. The zero-order valence-corrected chi connectivity index (χ0v) is 12.1. The van der Waals surface area contributed by atoms with Gasteiger partial charge in [0.1, 0.15) is 10.7 Å². The number of anilines is 1. The van der Waals surface area contributed by atoms with Crippen LogP contribution in [0.3, 0.4) is 0 Å². The number of hydrogen-bond donors (Lipinski definition) is 3. The fraction of sp³-hybridized carbons (Fsp3) is 0.133. The number of hydrogen-bond acceptors (Lipinski definition) is 4. The number of nitrogens with zero attached hydrogens (tertiary/aromatic N) is 1. The highest BCUT2D eigenvalue weighted by molar-refractivity contribution is 7.80. The van der Waals surface area contributed by atoms with Crippen LogP contribution in [0.5, 0.6) is 0 Å². The molecule has 1 heterocycles. The van der Waals surface area contributed by atoms with Gasteiger partial charge in [0.25, 0.3) is 5.91 Å². The van der Waals surface area contributed by atoms with Gasteiger partial charge in [-0.1, -0.05) is 24.4 Å².